The Morgan fingerprint density at radius 3 is 2.14 bits per heavy atom. The van der Waals surface area contributed by atoms with Crippen LogP contribution >= 0.6 is 0 Å². The van der Waals surface area contributed by atoms with E-state index in [0.717, 1.165) is 17.2 Å². The van der Waals surface area contributed by atoms with Gasteiger partial charge in [0.2, 0.25) is 0 Å². The first-order valence-corrected chi connectivity index (χ1v) is 5.22. The number of nitrogens with one attached hydrogen (secondary N) is 1. The van der Waals surface area contributed by atoms with Gasteiger partial charge in [0.25, 0.3) is 0 Å². The smallest absolute Gasteiger partial charge is 0.123 e. The van der Waals surface area contributed by atoms with E-state index in [1.54, 1.807) is 0 Å². The molecule has 3 nitrogen and oxygen atoms in total. The SMILES string of the molecule is Cc1nc(C(N)C(C)C(C)C)[nH]c1C. The van der Waals surface area contributed by atoms with Crippen molar-refractivity contribution in [1.82, 2.24) is 9.97 Å². The molecule has 0 amide bonds. The lowest BCUT2D eigenvalue weighted by Crippen LogP contribution is -2.24. The Kier molecular flexibility index (Phi) is 3.32. The minimum atomic E-state index is 0.0161. The van der Waals surface area contributed by atoms with Crippen LogP contribution in [0, 0.1) is 25.7 Å². The highest BCUT2D eigenvalue weighted by molar-refractivity contribution is 5.13. The third-order valence-corrected chi connectivity index (χ3v) is 3.08. The topological polar surface area (TPSA) is 54.7 Å². The molecule has 1 heterocycles. The zero-order chi connectivity index (χ0) is 10.9. The predicted molar refractivity (Wildman–Crippen MR) is 59.0 cm³/mol. The number of imidazole rings is 1. The Morgan fingerprint density at radius 1 is 1.21 bits per heavy atom. The molecular formula is C11H21N3. The van der Waals surface area contributed by atoms with Crippen LogP contribution in [0.25, 0.3) is 0 Å². The zero-order valence-electron chi connectivity index (χ0n) is 9.76. The molecule has 0 aliphatic rings. The molecule has 0 saturated heterocycles. The molecule has 2 atom stereocenters. The number of hydrogen-bond acceptors (Lipinski definition) is 2. The van der Waals surface area contributed by atoms with Crippen LogP contribution in [0.3, 0.4) is 0 Å². The van der Waals surface area contributed by atoms with Gasteiger partial charge in [-0.2, -0.15) is 0 Å². The third kappa shape index (κ3) is 2.15. The van der Waals surface area contributed by atoms with Gasteiger partial charge < -0.3 is 10.7 Å². The molecule has 1 aromatic heterocycles. The molecule has 0 aliphatic carbocycles. The van der Waals surface area contributed by atoms with Crippen molar-refractivity contribution >= 4 is 0 Å². The Hall–Kier alpha value is -0.830. The van der Waals surface area contributed by atoms with Crippen molar-refractivity contribution in [2.75, 3.05) is 0 Å². The quantitative estimate of drug-likeness (QED) is 0.777. The molecule has 80 valence electrons. The minimum Gasteiger partial charge on any atom is -0.345 e. The highest BCUT2D eigenvalue weighted by atomic mass is 15.0. The van der Waals surface area contributed by atoms with Gasteiger partial charge in [0.1, 0.15) is 5.82 Å². The van der Waals surface area contributed by atoms with Gasteiger partial charge in [-0.15, -0.1) is 0 Å². The largest absolute Gasteiger partial charge is 0.345 e. The Bertz CT molecular complexity index is 282. The summed E-state index contributed by atoms with van der Waals surface area (Å²) < 4.78 is 0. The van der Waals surface area contributed by atoms with Gasteiger partial charge in [-0.05, 0) is 25.7 Å². The lowest BCUT2D eigenvalue weighted by Gasteiger charge is -2.21. The van der Waals surface area contributed by atoms with E-state index in [4.69, 9.17) is 5.73 Å². The van der Waals surface area contributed by atoms with Crippen LogP contribution in [-0.2, 0) is 0 Å². The van der Waals surface area contributed by atoms with Gasteiger partial charge >= 0.3 is 0 Å². The Labute approximate surface area is 86.1 Å². The van der Waals surface area contributed by atoms with Crippen molar-refractivity contribution in [3.63, 3.8) is 0 Å². The van der Waals surface area contributed by atoms with Gasteiger partial charge in [-0.3, -0.25) is 0 Å². The van der Waals surface area contributed by atoms with Crippen LogP contribution in [0.5, 0.6) is 0 Å². The third-order valence-electron chi connectivity index (χ3n) is 3.08. The summed E-state index contributed by atoms with van der Waals surface area (Å²) in [4.78, 5) is 7.68. The summed E-state index contributed by atoms with van der Waals surface area (Å²) in [6.45, 7) is 10.6. The van der Waals surface area contributed by atoms with E-state index < -0.39 is 0 Å². The zero-order valence-corrected chi connectivity index (χ0v) is 9.76. The molecule has 0 bridgehead atoms. The monoisotopic (exact) mass is 195 g/mol. The first kappa shape index (κ1) is 11.2. The summed E-state index contributed by atoms with van der Waals surface area (Å²) in [5, 5.41) is 0. The van der Waals surface area contributed by atoms with Gasteiger partial charge in [0.05, 0.1) is 11.7 Å². The molecule has 2 unspecified atom stereocenters. The highest BCUT2D eigenvalue weighted by Crippen LogP contribution is 2.24. The molecule has 3 N–H and O–H groups in total. The van der Waals surface area contributed by atoms with E-state index in [2.05, 4.69) is 30.7 Å². The normalized spacial score (nSPS) is 15.9. The number of nitrogens with zero attached hydrogens (tertiary/aromatic N) is 1. The molecule has 0 aliphatic heterocycles. The standard InChI is InChI=1S/C11H21N3/c1-6(2)7(3)10(12)11-13-8(4)9(5)14-11/h6-7,10H,12H2,1-5H3,(H,13,14). The maximum Gasteiger partial charge on any atom is 0.123 e. The number of hydrogen-bond donors (Lipinski definition) is 2. The molecule has 0 saturated carbocycles. The molecule has 0 aromatic carbocycles. The van der Waals surface area contributed by atoms with E-state index in [-0.39, 0.29) is 6.04 Å². The predicted octanol–water partition coefficient (Wildman–Crippen LogP) is 2.32. The molecule has 14 heavy (non-hydrogen) atoms. The van der Waals surface area contributed by atoms with Crippen molar-refractivity contribution in [2.24, 2.45) is 17.6 Å². The molecule has 1 rings (SSSR count). The summed E-state index contributed by atoms with van der Waals surface area (Å²) in [6, 6.07) is 0.0161. The second-order valence-corrected chi connectivity index (χ2v) is 4.46. The fourth-order valence-electron chi connectivity index (χ4n) is 1.40. The maximum absolute atomic E-state index is 6.13. The average Bonchev–Trinajstić information content (AvgIpc) is 2.44. The van der Waals surface area contributed by atoms with Crippen molar-refractivity contribution in [1.29, 1.82) is 0 Å². The number of nitrogens with two attached hydrogens (primary N) is 1. The highest BCUT2D eigenvalue weighted by Gasteiger charge is 2.20. The van der Waals surface area contributed by atoms with Crippen LogP contribution in [0.15, 0.2) is 0 Å². The molecule has 0 fully saturated rings. The number of aromatic amines is 1. The summed E-state index contributed by atoms with van der Waals surface area (Å²) in [7, 11) is 0. The first-order valence-electron chi connectivity index (χ1n) is 5.22. The summed E-state index contributed by atoms with van der Waals surface area (Å²) in [5.41, 5.74) is 8.29. The van der Waals surface area contributed by atoms with Crippen molar-refractivity contribution < 1.29 is 0 Å². The second-order valence-electron chi connectivity index (χ2n) is 4.46. The van der Waals surface area contributed by atoms with Crippen LogP contribution < -0.4 is 5.73 Å². The van der Waals surface area contributed by atoms with E-state index in [1.165, 1.54) is 0 Å². The van der Waals surface area contributed by atoms with Crippen LogP contribution in [0.2, 0.25) is 0 Å². The number of H-pyrrole nitrogens is 1. The lowest BCUT2D eigenvalue weighted by molar-refractivity contribution is 0.343. The first-order chi connectivity index (χ1) is 6.43. The van der Waals surface area contributed by atoms with Gasteiger partial charge in [-0.1, -0.05) is 20.8 Å². The summed E-state index contributed by atoms with van der Waals surface area (Å²) in [6.07, 6.45) is 0. The van der Waals surface area contributed by atoms with Crippen LogP contribution in [0.4, 0.5) is 0 Å². The minimum absolute atomic E-state index is 0.0161. The van der Waals surface area contributed by atoms with Crippen LogP contribution in [-0.4, -0.2) is 9.97 Å². The van der Waals surface area contributed by atoms with E-state index >= 15 is 0 Å². The van der Waals surface area contributed by atoms with Gasteiger partial charge in [0.15, 0.2) is 0 Å². The lowest BCUT2D eigenvalue weighted by atomic mass is 9.90. The maximum atomic E-state index is 6.13. The molecule has 1 aromatic rings. The fourth-order valence-corrected chi connectivity index (χ4v) is 1.40. The second kappa shape index (κ2) is 4.13. The number of rotatable bonds is 3. The fraction of sp³-hybridized carbons (Fsp3) is 0.727. The van der Waals surface area contributed by atoms with Crippen molar-refractivity contribution in [3.8, 4) is 0 Å². The van der Waals surface area contributed by atoms with Gasteiger partial charge in [0, 0.05) is 5.69 Å². The Morgan fingerprint density at radius 2 is 1.79 bits per heavy atom. The molecule has 0 radical (unpaired) electrons. The molecule has 0 spiro atoms. The van der Waals surface area contributed by atoms with Gasteiger partial charge in [-0.25, -0.2) is 4.98 Å². The molecule has 3 heteroatoms. The van der Waals surface area contributed by atoms with Crippen LogP contribution in [0.1, 0.15) is 44.0 Å². The summed E-state index contributed by atoms with van der Waals surface area (Å²) >= 11 is 0. The van der Waals surface area contributed by atoms with Crippen molar-refractivity contribution in [3.05, 3.63) is 17.2 Å². The van der Waals surface area contributed by atoms with Crippen molar-refractivity contribution in [2.45, 2.75) is 40.7 Å². The average molecular weight is 195 g/mol. The van der Waals surface area contributed by atoms with E-state index in [1.807, 2.05) is 13.8 Å². The summed E-state index contributed by atoms with van der Waals surface area (Å²) in [5.74, 6) is 1.94. The number of aryl methyl sites for hydroxylation is 2. The molecular weight excluding hydrogens is 174 g/mol. The van der Waals surface area contributed by atoms with E-state index in [9.17, 15) is 0 Å². The Balaban J connectivity index is 2.83. The van der Waals surface area contributed by atoms with E-state index in [0.29, 0.717) is 11.8 Å². The number of aromatic nitrogens is 2.